The van der Waals surface area contributed by atoms with E-state index < -0.39 is 29.6 Å². The van der Waals surface area contributed by atoms with E-state index in [0.29, 0.717) is 12.5 Å². The lowest BCUT2D eigenvalue weighted by atomic mass is 10.0. The third-order valence-electron chi connectivity index (χ3n) is 5.09. The zero-order valence-electron chi connectivity index (χ0n) is 19.5. The summed E-state index contributed by atoms with van der Waals surface area (Å²) in [7, 11) is 1.20. The summed E-state index contributed by atoms with van der Waals surface area (Å²) in [5.41, 5.74) is -0.767. The summed E-state index contributed by atoms with van der Waals surface area (Å²) in [6.07, 6.45) is 4.41. The summed E-state index contributed by atoms with van der Waals surface area (Å²) in [6, 6.07) is 1.53. The average molecular weight is 483 g/mol. The van der Waals surface area contributed by atoms with Gasteiger partial charge in [0.15, 0.2) is 0 Å². The molecule has 0 radical (unpaired) electrons. The molecule has 1 atom stereocenters. The highest BCUT2D eigenvalue weighted by Crippen LogP contribution is 2.07. The standard InChI is InChI=1S/C22H31FN4O7/c1-4-15(5-2)13-24-18(28)14-27-12-8-10-17(21(27)31)25-20(30)16(26-22(32)34-23)9-6-7-11-19(29)33-3/h7-8,10-12,15-16H,4-6,9,13-14H2,1-3H3,(H,24,28)(H,25,30)(H,26,32)/b11-7+/t16-/m0/s1. The fraction of sp³-hybridized carbons (Fsp3) is 0.500. The topological polar surface area (TPSA) is 145 Å². The molecule has 0 aromatic carbocycles. The molecule has 0 bridgehead atoms. The van der Waals surface area contributed by atoms with Gasteiger partial charge in [0.25, 0.3) is 5.56 Å². The molecule has 0 aliphatic carbocycles. The summed E-state index contributed by atoms with van der Waals surface area (Å²) in [4.78, 5) is 63.0. The highest BCUT2D eigenvalue weighted by atomic mass is 19.3. The number of pyridine rings is 1. The Balaban J connectivity index is 2.86. The molecular formula is C22H31FN4O7. The second kappa shape index (κ2) is 15.2. The van der Waals surface area contributed by atoms with Crippen LogP contribution in [0, 0.1) is 5.92 Å². The molecule has 1 heterocycles. The molecule has 0 unspecified atom stereocenters. The molecule has 0 fully saturated rings. The number of carbonyl (C=O) groups excluding carboxylic acids is 4. The van der Waals surface area contributed by atoms with Crippen molar-refractivity contribution in [2.24, 2.45) is 5.92 Å². The van der Waals surface area contributed by atoms with Crippen molar-refractivity contribution in [2.75, 3.05) is 19.0 Å². The number of nitrogens with one attached hydrogen (secondary N) is 3. The minimum atomic E-state index is -1.49. The number of carbonyl (C=O) groups is 4. The predicted octanol–water partition coefficient (Wildman–Crippen LogP) is 1.83. The molecule has 1 rings (SSSR count). The molecule has 34 heavy (non-hydrogen) atoms. The molecule has 12 heteroatoms. The van der Waals surface area contributed by atoms with Crippen LogP contribution >= 0.6 is 0 Å². The number of rotatable bonds is 13. The summed E-state index contributed by atoms with van der Waals surface area (Å²) in [5, 5.41) is 7.18. The van der Waals surface area contributed by atoms with Gasteiger partial charge in [0.2, 0.25) is 11.8 Å². The van der Waals surface area contributed by atoms with Crippen LogP contribution in [0.5, 0.6) is 0 Å². The van der Waals surface area contributed by atoms with Crippen LogP contribution in [0.4, 0.5) is 15.0 Å². The summed E-state index contributed by atoms with van der Waals surface area (Å²) in [6.45, 7) is 4.32. The maximum absolute atomic E-state index is 12.7. The van der Waals surface area contributed by atoms with Crippen LogP contribution in [0.15, 0.2) is 35.3 Å². The smallest absolute Gasteiger partial charge is 0.445 e. The minimum Gasteiger partial charge on any atom is -0.466 e. The van der Waals surface area contributed by atoms with Crippen LogP contribution in [0.3, 0.4) is 0 Å². The van der Waals surface area contributed by atoms with E-state index in [0.717, 1.165) is 23.5 Å². The van der Waals surface area contributed by atoms with E-state index in [9.17, 15) is 28.5 Å². The summed E-state index contributed by atoms with van der Waals surface area (Å²) in [5.74, 6) is -1.43. The number of methoxy groups -OCH3 is 1. The Morgan fingerprint density at radius 3 is 2.53 bits per heavy atom. The first-order valence-electron chi connectivity index (χ1n) is 10.9. The largest absolute Gasteiger partial charge is 0.466 e. The van der Waals surface area contributed by atoms with Crippen molar-refractivity contribution in [3.63, 3.8) is 0 Å². The van der Waals surface area contributed by atoms with Gasteiger partial charge in [0, 0.05) is 23.3 Å². The predicted molar refractivity (Wildman–Crippen MR) is 121 cm³/mol. The Morgan fingerprint density at radius 2 is 1.91 bits per heavy atom. The number of allylic oxidation sites excluding steroid dienone is 1. The Kier molecular flexibility index (Phi) is 12.7. The van der Waals surface area contributed by atoms with Crippen LogP contribution in [-0.2, 0) is 30.6 Å². The third-order valence-corrected chi connectivity index (χ3v) is 5.09. The molecule has 1 aromatic rings. The van der Waals surface area contributed by atoms with Crippen molar-refractivity contribution in [1.29, 1.82) is 0 Å². The zero-order chi connectivity index (χ0) is 25.5. The Hall–Kier alpha value is -3.70. The number of aromatic nitrogens is 1. The Morgan fingerprint density at radius 1 is 1.21 bits per heavy atom. The van der Waals surface area contributed by atoms with Gasteiger partial charge in [-0.15, -0.1) is 0 Å². The van der Waals surface area contributed by atoms with E-state index in [4.69, 9.17) is 0 Å². The maximum atomic E-state index is 12.7. The van der Waals surface area contributed by atoms with Gasteiger partial charge in [-0.1, -0.05) is 32.8 Å². The number of amides is 3. The summed E-state index contributed by atoms with van der Waals surface area (Å²) >= 11 is 0. The van der Waals surface area contributed by atoms with Gasteiger partial charge in [-0.25, -0.2) is 14.5 Å². The molecule has 11 nitrogen and oxygen atoms in total. The van der Waals surface area contributed by atoms with Crippen molar-refractivity contribution in [2.45, 2.75) is 52.1 Å². The van der Waals surface area contributed by atoms with Crippen molar-refractivity contribution >= 4 is 29.6 Å². The number of anilines is 1. The lowest BCUT2D eigenvalue weighted by Crippen LogP contribution is -2.44. The molecule has 3 N–H and O–H groups in total. The quantitative estimate of drug-likeness (QED) is 0.287. The lowest BCUT2D eigenvalue weighted by Gasteiger charge is -2.17. The van der Waals surface area contributed by atoms with E-state index in [2.05, 4.69) is 20.3 Å². The highest BCUT2D eigenvalue weighted by Gasteiger charge is 2.22. The molecule has 0 spiro atoms. The average Bonchev–Trinajstić information content (AvgIpc) is 2.83. The van der Waals surface area contributed by atoms with Crippen LogP contribution in [0.1, 0.15) is 39.5 Å². The molecular weight excluding hydrogens is 451 g/mol. The molecule has 0 aliphatic heterocycles. The van der Waals surface area contributed by atoms with Gasteiger partial charge in [-0.3, -0.25) is 14.4 Å². The second-order valence-corrected chi connectivity index (χ2v) is 7.40. The van der Waals surface area contributed by atoms with E-state index >= 15 is 0 Å². The van der Waals surface area contributed by atoms with Crippen molar-refractivity contribution in [1.82, 2.24) is 15.2 Å². The van der Waals surface area contributed by atoms with Gasteiger partial charge in [0.05, 0.1) is 7.11 Å². The number of halogens is 1. The van der Waals surface area contributed by atoms with Crippen LogP contribution in [-0.4, -0.2) is 48.1 Å². The van der Waals surface area contributed by atoms with Gasteiger partial charge in [0.1, 0.15) is 18.3 Å². The third kappa shape index (κ3) is 9.84. The monoisotopic (exact) mass is 482 g/mol. The van der Waals surface area contributed by atoms with Crippen LogP contribution in [0.25, 0.3) is 0 Å². The van der Waals surface area contributed by atoms with Crippen molar-refractivity contribution in [3.05, 3.63) is 40.8 Å². The first-order chi connectivity index (χ1) is 16.2. The Bertz CT molecular complexity index is 928. The normalized spacial score (nSPS) is 11.7. The Labute approximate surface area is 196 Å². The van der Waals surface area contributed by atoms with E-state index in [-0.39, 0.29) is 31.0 Å². The maximum Gasteiger partial charge on any atom is 0.445 e. The van der Waals surface area contributed by atoms with Crippen molar-refractivity contribution in [3.8, 4) is 0 Å². The first-order valence-corrected chi connectivity index (χ1v) is 10.9. The second-order valence-electron chi connectivity index (χ2n) is 7.40. The molecule has 1 aromatic heterocycles. The van der Waals surface area contributed by atoms with Gasteiger partial charge in [-0.2, -0.15) is 0 Å². The minimum absolute atomic E-state index is 0.0338. The molecule has 3 amide bonds. The summed E-state index contributed by atoms with van der Waals surface area (Å²) < 4.78 is 17.7. The molecule has 188 valence electrons. The van der Waals surface area contributed by atoms with Crippen molar-refractivity contribution < 1.29 is 33.4 Å². The number of hydrogen-bond acceptors (Lipinski definition) is 7. The van der Waals surface area contributed by atoms with E-state index in [1.807, 2.05) is 19.2 Å². The molecule has 0 saturated carbocycles. The fourth-order valence-corrected chi connectivity index (χ4v) is 2.97. The van der Waals surface area contributed by atoms with Crippen LogP contribution in [0.2, 0.25) is 0 Å². The van der Waals surface area contributed by atoms with Gasteiger partial charge in [-0.05, 0) is 30.9 Å². The lowest BCUT2D eigenvalue weighted by molar-refractivity contribution is -0.134. The van der Waals surface area contributed by atoms with Gasteiger partial charge < -0.3 is 25.3 Å². The SMILES string of the molecule is CCC(CC)CNC(=O)Cn1cccc(NC(=O)[C@H](CC/C=C/C(=O)OC)NC(=O)OF)c1=O. The highest BCUT2D eigenvalue weighted by molar-refractivity contribution is 5.96. The molecule has 0 saturated heterocycles. The molecule has 0 aliphatic rings. The van der Waals surface area contributed by atoms with E-state index in [1.54, 1.807) is 0 Å². The van der Waals surface area contributed by atoms with E-state index in [1.165, 1.54) is 31.5 Å². The number of hydrogen-bond donors (Lipinski definition) is 3. The first kappa shape index (κ1) is 28.3. The number of nitrogens with zero attached hydrogens (tertiary/aromatic N) is 1. The van der Waals surface area contributed by atoms with Crippen LogP contribution < -0.4 is 21.5 Å². The zero-order valence-corrected chi connectivity index (χ0v) is 19.5. The van der Waals surface area contributed by atoms with Gasteiger partial charge >= 0.3 is 12.1 Å². The number of ether oxygens (including phenoxy) is 1. The number of esters is 1. The fourth-order valence-electron chi connectivity index (χ4n) is 2.97.